The molecule has 1 atom stereocenters. The smallest absolute Gasteiger partial charge is 0.00161 e. The van der Waals surface area contributed by atoms with Crippen molar-refractivity contribution in [1.82, 2.24) is 0 Å². The van der Waals surface area contributed by atoms with Crippen LogP contribution in [0, 0.1) is 5.92 Å². The molecule has 0 rings (SSSR count). The Kier molecular flexibility index (Phi) is 5.36. The molecule has 0 amide bonds. The summed E-state index contributed by atoms with van der Waals surface area (Å²) in [5.74, 6) is 2.17. The van der Waals surface area contributed by atoms with E-state index in [1.165, 1.54) is 12.2 Å². The van der Waals surface area contributed by atoms with E-state index in [0.29, 0.717) is 0 Å². The molecule has 0 aromatic heterocycles. The third-order valence-corrected chi connectivity index (χ3v) is 3.05. The van der Waals surface area contributed by atoms with Crippen molar-refractivity contribution >= 4 is 11.8 Å². The molecule has 0 radical (unpaired) electrons. The second-order valence-corrected chi connectivity index (χ2v) is 4.42. The van der Waals surface area contributed by atoms with Gasteiger partial charge in [0, 0.05) is 5.25 Å². The predicted molar refractivity (Wildman–Crippen MR) is 47.0 cm³/mol. The first-order valence-corrected chi connectivity index (χ1v) is 4.83. The number of hydrogen-bond acceptors (Lipinski definition) is 1. The lowest BCUT2D eigenvalue weighted by Crippen LogP contribution is -1.98. The van der Waals surface area contributed by atoms with Gasteiger partial charge in [0.05, 0.1) is 0 Å². The van der Waals surface area contributed by atoms with Gasteiger partial charge in [0.25, 0.3) is 0 Å². The fraction of sp³-hybridized carbons (Fsp3) is 1.00. The lowest BCUT2D eigenvalue weighted by Gasteiger charge is -2.09. The maximum Gasteiger partial charge on any atom is 0.00161 e. The minimum absolute atomic E-state index is 0.851. The Morgan fingerprint density at radius 1 is 1.22 bits per heavy atom. The van der Waals surface area contributed by atoms with Crippen LogP contribution in [0.5, 0.6) is 0 Å². The zero-order valence-corrected chi connectivity index (χ0v) is 7.79. The predicted octanol–water partition coefficient (Wildman–Crippen LogP) is 3.17. The minimum Gasteiger partial charge on any atom is -0.159 e. The van der Waals surface area contributed by atoms with Crippen molar-refractivity contribution in [3.05, 3.63) is 0 Å². The molecule has 9 heavy (non-hydrogen) atoms. The van der Waals surface area contributed by atoms with E-state index in [0.717, 1.165) is 11.2 Å². The second-order valence-electron chi connectivity index (χ2n) is 2.95. The summed E-state index contributed by atoms with van der Waals surface area (Å²) >= 11 is 2.08. The van der Waals surface area contributed by atoms with E-state index in [4.69, 9.17) is 0 Å². The van der Waals surface area contributed by atoms with E-state index in [2.05, 4.69) is 39.5 Å². The summed E-state index contributed by atoms with van der Waals surface area (Å²) in [5, 5.41) is 0.854. The first-order chi connectivity index (χ1) is 4.16. The number of hydrogen-bond donors (Lipinski definition) is 0. The molecule has 0 aromatic rings. The lowest BCUT2D eigenvalue weighted by molar-refractivity contribution is 0.745. The molecule has 0 fully saturated rings. The van der Waals surface area contributed by atoms with Gasteiger partial charge >= 0.3 is 0 Å². The van der Waals surface area contributed by atoms with Gasteiger partial charge in [-0.1, -0.05) is 27.7 Å². The van der Waals surface area contributed by atoms with E-state index < -0.39 is 0 Å². The quantitative estimate of drug-likeness (QED) is 0.587. The molecule has 0 aliphatic carbocycles. The molecule has 56 valence electrons. The third-order valence-electron chi connectivity index (χ3n) is 1.29. The van der Waals surface area contributed by atoms with Gasteiger partial charge in [-0.05, 0) is 18.1 Å². The molecule has 0 nitrogen and oxygen atoms in total. The van der Waals surface area contributed by atoms with Gasteiger partial charge in [0.2, 0.25) is 0 Å². The highest BCUT2D eigenvalue weighted by atomic mass is 32.2. The van der Waals surface area contributed by atoms with Crippen molar-refractivity contribution in [3.8, 4) is 0 Å². The van der Waals surface area contributed by atoms with Crippen molar-refractivity contribution in [2.45, 2.75) is 39.4 Å². The average Bonchev–Trinajstić information content (AvgIpc) is 1.83. The molecule has 0 unspecified atom stereocenters. The summed E-state index contributed by atoms with van der Waals surface area (Å²) < 4.78 is 0. The zero-order chi connectivity index (χ0) is 7.28. The lowest BCUT2D eigenvalue weighted by atomic mass is 10.3. The summed E-state index contributed by atoms with van der Waals surface area (Å²) in [5.41, 5.74) is 0. The van der Waals surface area contributed by atoms with Crippen LogP contribution < -0.4 is 0 Å². The van der Waals surface area contributed by atoms with Crippen LogP contribution in [0.3, 0.4) is 0 Å². The van der Waals surface area contributed by atoms with E-state index in [1.807, 2.05) is 0 Å². The molecule has 0 aliphatic rings. The number of rotatable bonds is 4. The Hall–Kier alpha value is 0.350. The SMILES string of the molecule is CC[C@H](C)SCC(C)C. The second kappa shape index (κ2) is 5.16. The summed E-state index contributed by atoms with van der Waals surface area (Å²) in [6.07, 6.45) is 1.30. The van der Waals surface area contributed by atoms with Crippen LogP contribution >= 0.6 is 11.8 Å². The molecular formula is C8H18S. The van der Waals surface area contributed by atoms with Crippen LogP contribution in [0.25, 0.3) is 0 Å². The molecule has 1 heteroatoms. The Morgan fingerprint density at radius 3 is 2.11 bits per heavy atom. The molecule has 0 aromatic carbocycles. The highest BCUT2D eigenvalue weighted by Gasteiger charge is 1.99. The summed E-state index contributed by atoms with van der Waals surface area (Å²) in [6.45, 7) is 9.09. The van der Waals surface area contributed by atoms with E-state index >= 15 is 0 Å². The molecule has 0 aliphatic heterocycles. The summed E-state index contributed by atoms with van der Waals surface area (Å²) in [6, 6.07) is 0. The molecular weight excluding hydrogens is 128 g/mol. The van der Waals surface area contributed by atoms with Gasteiger partial charge in [-0.15, -0.1) is 0 Å². The number of thioether (sulfide) groups is 1. The topological polar surface area (TPSA) is 0 Å². The molecule has 0 N–H and O–H groups in total. The minimum atomic E-state index is 0.851. The van der Waals surface area contributed by atoms with Crippen LogP contribution in [0.15, 0.2) is 0 Å². The van der Waals surface area contributed by atoms with Gasteiger partial charge in [-0.3, -0.25) is 0 Å². The summed E-state index contributed by atoms with van der Waals surface area (Å²) in [7, 11) is 0. The Balaban J connectivity index is 3.06. The highest BCUT2D eigenvalue weighted by Crippen LogP contribution is 2.16. The first kappa shape index (κ1) is 9.35. The van der Waals surface area contributed by atoms with Crippen molar-refractivity contribution in [1.29, 1.82) is 0 Å². The first-order valence-electron chi connectivity index (χ1n) is 3.78. The Bertz CT molecular complexity index is 59.6. The highest BCUT2D eigenvalue weighted by molar-refractivity contribution is 7.99. The molecule has 0 heterocycles. The molecule has 0 saturated heterocycles. The van der Waals surface area contributed by atoms with Crippen LogP contribution in [0.4, 0.5) is 0 Å². The maximum absolute atomic E-state index is 2.30. The Morgan fingerprint density at radius 2 is 1.78 bits per heavy atom. The van der Waals surface area contributed by atoms with Crippen molar-refractivity contribution in [2.24, 2.45) is 5.92 Å². The van der Waals surface area contributed by atoms with E-state index in [-0.39, 0.29) is 0 Å². The van der Waals surface area contributed by atoms with Crippen LogP contribution in [-0.4, -0.2) is 11.0 Å². The molecule has 0 bridgehead atoms. The fourth-order valence-corrected chi connectivity index (χ4v) is 1.42. The van der Waals surface area contributed by atoms with Gasteiger partial charge in [0.15, 0.2) is 0 Å². The van der Waals surface area contributed by atoms with Crippen LogP contribution in [-0.2, 0) is 0 Å². The van der Waals surface area contributed by atoms with Crippen molar-refractivity contribution in [3.63, 3.8) is 0 Å². The third kappa shape index (κ3) is 6.23. The van der Waals surface area contributed by atoms with Gasteiger partial charge in [-0.25, -0.2) is 0 Å². The summed E-state index contributed by atoms with van der Waals surface area (Å²) in [4.78, 5) is 0. The van der Waals surface area contributed by atoms with E-state index in [9.17, 15) is 0 Å². The van der Waals surface area contributed by atoms with Gasteiger partial charge in [-0.2, -0.15) is 11.8 Å². The van der Waals surface area contributed by atoms with Crippen LogP contribution in [0.2, 0.25) is 0 Å². The molecule has 0 saturated carbocycles. The monoisotopic (exact) mass is 146 g/mol. The maximum atomic E-state index is 2.30. The van der Waals surface area contributed by atoms with Gasteiger partial charge in [0.1, 0.15) is 0 Å². The van der Waals surface area contributed by atoms with Crippen LogP contribution in [0.1, 0.15) is 34.1 Å². The van der Waals surface area contributed by atoms with E-state index in [1.54, 1.807) is 0 Å². The molecule has 0 spiro atoms. The Labute approximate surface area is 63.4 Å². The zero-order valence-electron chi connectivity index (χ0n) is 6.98. The normalized spacial score (nSPS) is 14.3. The standard InChI is InChI=1S/C8H18S/c1-5-8(4)9-6-7(2)3/h7-8H,5-6H2,1-4H3/t8-/m0/s1. The van der Waals surface area contributed by atoms with Crippen molar-refractivity contribution < 1.29 is 0 Å². The van der Waals surface area contributed by atoms with Crippen molar-refractivity contribution in [2.75, 3.05) is 5.75 Å². The largest absolute Gasteiger partial charge is 0.159 e. The fourth-order valence-electron chi connectivity index (χ4n) is 0.475. The average molecular weight is 146 g/mol. The van der Waals surface area contributed by atoms with Gasteiger partial charge < -0.3 is 0 Å².